The highest BCUT2D eigenvalue weighted by Gasteiger charge is 2.37. The molecular formula is C16H14ClF6N3O2. The van der Waals surface area contributed by atoms with E-state index in [2.05, 4.69) is 10.3 Å². The summed E-state index contributed by atoms with van der Waals surface area (Å²) in [4.78, 5) is 12.0. The first-order valence-electron chi connectivity index (χ1n) is 7.68. The van der Waals surface area contributed by atoms with Crippen LogP contribution in [0, 0.1) is 0 Å². The molecule has 0 N–H and O–H groups in total. The Bertz CT molecular complexity index is 852. The molecule has 5 nitrogen and oxygen atoms in total. The quantitative estimate of drug-likeness (QED) is 0.510. The van der Waals surface area contributed by atoms with Crippen molar-refractivity contribution >= 4 is 17.6 Å². The topological polar surface area (TPSA) is 57.0 Å². The standard InChI is InChI=1S/C16H14ClF6N3O2/c1-14(2,3)28-13(27)11-12(17)26(25-24-11)7-8-4-9(15(18,19)20)6-10(5-8)16(21,22)23/h4-6H,7H2,1-3H3. The van der Waals surface area contributed by atoms with Crippen molar-refractivity contribution in [3.63, 3.8) is 0 Å². The first-order valence-corrected chi connectivity index (χ1v) is 8.06. The molecule has 0 aliphatic carbocycles. The molecule has 28 heavy (non-hydrogen) atoms. The van der Waals surface area contributed by atoms with Crippen LogP contribution in [0.4, 0.5) is 26.3 Å². The van der Waals surface area contributed by atoms with E-state index in [1.165, 1.54) is 0 Å². The average Bonchev–Trinajstić information content (AvgIpc) is 2.84. The van der Waals surface area contributed by atoms with Crippen LogP contribution in [0.3, 0.4) is 0 Å². The van der Waals surface area contributed by atoms with Gasteiger partial charge in [-0.15, -0.1) is 5.10 Å². The SMILES string of the molecule is CC(C)(C)OC(=O)c1nnn(Cc2cc(C(F)(F)F)cc(C(F)(F)F)c2)c1Cl. The fraction of sp³-hybridized carbons (Fsp3) is 0.438. The highest BCUT2D eigenvalue weighted by molar-refractivity contribution is 6.32. The van der Waals surface area contributed by atoms with E-state index in [9.17, 15) is 31.1 Å². The second-order valence-corrected chi connectivity index (χ2v) is 7.16. The first kappa shape index (κ1) is 22.0. The van der Waals surface area contributed by atoms with Gasteiger partial charge in [-0.05, 0) is 44.5 Å². The molecule has 1 heterocycles. The van der Waals surface area contributed by atoms with Crippen LogP contribution >= 0.6 is 11.6 Å². The minimum absolute atomic E-state index is 0.0125. The summed E-state index contributed by atoms with van der Waals surface area (Å²) in [7, 11) is 0. The minimum atomic E-state index is -4.98. The number of hydrogen-bond donors (Lipinski definition) is 0. The first-order chi connectivity index (χ1) is 12.6. The lowest BCUT2D eigenvalue weighted by molar-refractivity contribution is -0.143. The van der Waals surface area contributed by atoms with Crippen molar-refractivity contribution in [2.75, 3.05) is 0 Å². The van der Waals surface area contributed by atoms with Crippen LogP contribution < -0.4 is 0 Å². The Morgan fingerprint density at radius 2 is 1.54 bits per heavy atom. The van der Waals surface area contributed by atoms with Gasteiger partial charge < -0.3 is 4.74 Å². The number of hydrogen-bond acceptors (Lipinski definition) is 4. The molecular weight excluding hydrogens is 416 g/mol. The number of rotatable bonds is 3. The Morgan fingerprint density at radius 3 is 1.96 bits per heavy atom. The predicted octanol–water partition coefficient (Wildman–Crippen LogP) is 4.97. The molecule has 0 saturated carbocycles. The van der Waals surface area contributed by atoms with Crippen molar-refractivity contribution < 1.29 is 35.9 Å². The Kier molecular flexibility index (Phi) is 5.71. The summed E-state index contributed by atoms with van der Waals surface area (Å²) in [6, 6.07) is 1.10. The normalized spacial score (nSPS) is 12.9. The Morgan fingerprint density at radius 1 is 1.04 bits per heavy atom. The third-order valence-corrected chi connectivity index (χ3v) is 3.62. The maximum Gasteiger partial charge on any atom is 0.416 e. The molecule has 0 spiro atoms. The monoisotopic (exact) mass is 429 g/mol. The average molecular weight is 430 g/mol. The Balaban J connectivity index is 2.40. The number of benzene rings is 1. The van der Waals surface area contributed by atoms with E-state index in [1.54, 1.807) is 20.8 Å². The summed E-state index contributed by atoms with van der Waals surface area (Å²) in [5.41, 5.74) is -4.58. The van der Waals surface area contributed by atoms with E-state index < -0.39 is 47.3 Å². The minimum Gasteiger partial charge on any atom is -0.455 e. The zero-order valence-corrected chi connectivity index (χ0v) is 15.5. The van der Waals surface area contributed by atoms with Gasteiger partial charge in [0, 0.05) is 0 Å². The molecule has 0 aliphatic heterocycles. The van der Waals surface area contributed by atoms with Gasteiger partial charge in [-0.3, -0.25) is 0 Å². The van der Waals surface area contributed by atoms with E-state index in [-0.39, 0.29) is 16.8 Å². The molecule has 0 fully saturated rings. The van der Waals surface area contributed by atoms with Gasteiger partial charge in [0.1, 0.15) is 5.60 Å². The predicted molar refractivity (Wildman–Crippen MR) is 85.7 cm³/mol. The van der Waals surface area contributed by atoms with Crippen LogP contribution in [0.5, 0.6) is 0 Å². The zero-order chi connectivity index (χ0) is 21.5. The smallest absolute Gasteiger partial charge is 0.416 e. The lowest BCUT2D eigenvalue weighted by Gasteiger charge is -2.18. The van der Waals surface area contributed by atoms with Crippen LogP contribution in [0.25, 0.3) is 0 Å². The number of esters is 1. The molecule has 1 aromatic carbocycles. The van der Waals surface area contributed by atoms with Gasteiger partial charge in [-0.1, -0.05) is 16.8 Å². The molecule has 0 aliphatic rings. The molecule has 2 aromatic rings. The molecule has 1 aromatic heterocycles. The Hall–Kier alpha value is -2.30. The summed E-state index contributed by atoms with van der Waals surface area (Å²) in [5, 5.41) is 6.64. The van der Waals surface area contributed by atoms with Crippen LogP contribution in [0.1, 0.15) is 48.0 Å². The van der Waals surface area contributed by atoms with Crippen LogP contribution in [-0.2, 0) is 23.6 Å². The molecule has 0 atom stereocenters. The number of aromatic nitrogens is 3. The highest BCUT2D eigenvalue weighted by atomic mass is 35.5. The van der Waals surface area contributed by atoms with Crippen molar-refractivity contribution in [3.8, 4) is 0 Å². The Labute approximate surface area is 160 Å². The summed E-state index contributed by atoms with van der Waals surface area (Å²) in [6.07, 6.45) is -9.96. The van der Waals surface area contributed by atoms with Gasteiger partial charge in [-0.25, -0.2) is 9.48 Å². The molecule has 154 valence electrons. The molecule has 0 saturated heterocycles. The van der Waals surface area contributed by atoms with E-state index in [1.807, 2.05) is 0 Å². The molecule has 0 unspecified atom stereocenters. The van der Waals surface area contributed by atoms with Crippen molar-refractivity contribution in [1.29, 1.82) is 0 Å². The summed E-state index contributed by atoms with van der Waals surface area (Å²) < 4.78 is 83.5. The second kappa shape index (κ2) is 7.26. The van der Waals surface area contributed by atoms with Gasteiger partial charge in [0.15, 0.2) is 5.15 Å². The summed E-state index contributed by atoms with van der Waals surface area (Å²) >= 11 is 5.95. The molecule has 0 bridgehead atoms. The number of carbonyl (C=O) groups is 1. The van der Waals surface area contributed by atoms with Crippen LogP contribution in [0.2, 0.25) is 5.15 Å². The number of halogens is 7. The van der Waals surface area contributed by atoms with E-state index >= 15 is 0 Å². The van der Waals surface area contributed by atoms with Gasteiger partial charge in [-0.2, -0.15) is 26.3 Å². The largest absolute Gasteiger partial charge is 0.455 e. The van der Waals surface area contributed by atoms with Crippen molar-refractivity contribution in [1.82, 2.24) is 15.0 Å². The fourth-order valence-corrected chi connectivity index (χ4v) is 2.35. The van der Waals surface area contributed by atoms with E-state index in [0.29, 0.717) is 12.1 Å². The summed E-state index contributed by atoms with van der Waals surface area (Å²) in [6.45, 7) is 4.20. The number of alkyl halides is 6. The third kappa shape index (κ3) is 5.37. The van der Waals surface area contributed by atoms with Gasteiger partial charge >= 0.3 is 18.3 Å². The van der Waals surface area contributed by atoms with Crippen LogP contribution in [0.15, 0.2) is 18.2 Å². The van der Waals surface area contributed by atoms with Gasteiger partial charge in [0.2, 0.25) is 5.69 Å². The number of nitrogens with zero attached hydrogens (tertiary/aromatic N) is 3. The molecule has 0 radical (unpaired) electrons. The fourth-order valence-electron chi connectivity index (χ4n) is 2.14. The highest BCUT2D eigenvalue weighted by Crippen LogP contribution is 2.36. The number of carbonyl (C=O) groups excluding carboxylic acids is 1. The lowest BCUT2D eigenvalue weighted by Crippen LogP contribution is -2.24. The lowest BCUT2D eigenvalue weighted by atomic mass is 10.0. The van der Waals surface area contributed by atoms with E-state index in [0.717, 1.165) is 4.68 Å². The summed E-state index contributed by atoms with van der Waals surface area (Å²) in [5.74, 6) is -0.927. The van der Waals surface area contributed by atoms with Crippen molar-refractivity contribution in [2.45, 2.75) is 45.3 Å². The van der Waals surface area contributed by atoms with Crippen molar-refractivity contribution in [3.05, 3.63) is 45.7 Å². The molecule has 0 amide bonds. The van der Waals surface area contributed by atoms with Crippen molar-refractivity contribution in [2.24, 2.45) is 0 Å². The third-order valence-electron chi connectivity index (χ3n) is 3.25. The molecule has 2 rings (SSSR count). The maximum absolute atomic E-state index is 12.9. The van der Waals surface area contributed by atoms with E-state index in [4.69, 9.17) is 16.3 Å². The second-order valence-electron chi connectivity index (χ2n) is 6.80. The molecule has 12 heteroatoms. The zero-order valence-electron chi connectivity index (χ0n) is 14.7. The maximum atomic E-state index is 12.9. The van der Waals surface area contributed by atoms with Crippen LogP contribution in [-0.4, -0.2) is 26.6 Å². The number of ether oxygens (including phenoxy) is 1. The van der Waals surface area contributed by atoms with Gasteiger partial charge in [0.05, 0.1) is 17.7 Å². The van der Waals surface area contributed by atoms with Gasteiger partial charge in [0.25, 0.3) is 0 Å².